The SMILES string of the molecule is COC(=O)[C@H]1CCCN(CC(O)c2ccccc2)C1. The smallest absolute Gasteiger partial charge is 0.309 e. The second-order valence-electron chi connectivity index (χ2n) is 5.05. The molecule has 1 N–H and O–H groups in total. The van der Waals surface area contributed by atoms with Gasteiger partial charge in [0.2, 0.25) is 0 Å². The van der Waals surface area contributed by atoms with Crippen LogP contribution in [0.3, 0.4) is 0 Å². The third-order valence-corrected chi connectivity index (χ3v) is 3.66. The first-order valence-corrected chi connectivity index (χ1v) is 6.74. The summed E-state index contributed by atoms with van der Waals surface area (Å²) in [4.78, 5) is 13.7. The van der Waals surface area contributed by atoms with Crippen molar-refractivity contribution in [1.82, 2.24) is 4.90 Å². The quantitative estimate of drug-likeness (QED) is 0.838. The maximum atomic E-state index is 11.6. The maximum Gasteiger partial charge on any atom is 0.309 e. The van der Waals surface area contributed by atoms with E-state index < -0.39 is 6.10 Å². The van der Waals surface area contributed by atoms with Crippen LogP contribution in [0.2, 0.25) is 0 Å². The molecule has 0 aromatic heterocycles. The molecule has 0 saturated carbocycles. The number of esters is 1. The fourth-order valence-corrected chi connectivity index (χ4v) is 2.61. The van der Waals surface area contributed by atoms with Gasteiger partial charge >= 0.3 is 5.97 Å². The van der Waals surface area contributed by atoms with Gasteiger partial charge < -0.3 is 9.84 Å². The van der Waals surface area contributed by atoms with Crippen LogP contribution < -0.4 is 0 Å². The van der Waals surface area contributed by atoms with Crippen molar-refractivity contribution in [1.29, 1.82) is 0 Å². The van der Waals surface area contributed by atoms with Gasteiger partial charge in [-0.1, -0.05) is 30.3 Å². The number of aliphatic hydroxyl groups is 1. The number of ether oxygens (including phenoxy) is 1. The number of nitrogens with zero attached hydrogens (tertiary/aromatic N) is 1. The van der Waals surface area contributed by atoms with Crippen molar-refractivity contribution in [2.75, 3.05) is 26.7 Å². The molecule has 0 bridgehead atoms. The minimum Gasteiger partial charge on any atom is -0.469 e. The molecule has 1 heterocycles. The molecule has 1 aliphatic rings. The predicted molar refractivity (Wildman–Crippen MR) is 72.6 cm³/mol. The van der Waals surface area contributed by atoms with E-state index in [9.17, 15) is 9.90 Å². The van der Waals surface area contributed by atoms with Gasteiger partial charge in [0.1, 0.15) is 0 Å². The molecule has 104 valence electrons. The number of β-amino-alcohol motifs (C(OH)–C–C–N with tert-alkyl or cyclic N) is 1. The molecule has 1 aliphatic heterocycles. The van der Waals surface area contributed by atoms with E-state index in [2.05, 4.69) is 4.90 Å². The summed E-state index contributed by atoms with van der Waals surface area (Å²) in [7, 11) is 1.43. The van der Waals surface area contributed by atoms with Crippen molar-refractivity contribution < 1.29 is 14.6 Å². The molecule has 0 spiro atoms. The van der Waals surface area contributed by atoms with Crippen LogP contribution in [0.4, 0.5) is 0 Å². The van der Waals surface area contributed by atoms with E-state index in [4.69, 9.17) is 4.74 Å². The topological polar surface area (TPSA) is 49.8 Å². The predicted octanol–water partition coefficient (Wildman–Crippen LogP) is 1.60. The Morgan fingerprint density at radius 1 is 1.47 bits per heavy atom. The molecule has 1 unspecified atom stereocenters. The highest BCUT2D eigenvalue weighted by Gasteiger charge is 2.27. The van der Waals surface area contributed by atoms with E-state index in [1.165, 1.54) is 7.11 Å². The largest absolute Gasteiger partial charge is 0.469 e. The van der Waals surface area contributed by atoms with E-state index in [1.807, 2.05) is 30.3 Å². The first-order valence-electron chi connectivity index (χ1n) is 6.74. The van der Waals surface area contributed by atoms with Crippen LogP contribution in [0.5, 0.6) is 0 Å². The summed E-state index contributed by atoms with van der Waals surface area (Å²) in [6.45, 7) is 2.17. The molecule has 4 nitrogen and oxygen atoms in total. The maximum absolute atomic E-state index is 11.6. The van der Waals surface area contributed by atoms with Gasteiger partial charge in [-0.25, -0.2) is 0 Å². The lowest BCUT2D eigenvalue weighted by Gasteiger charge is -2.32. The van der Waals surface area contributed by atoms with Gasteiger partial charge in [0.05, 0.1) is 19.1 Å². The van der Waals surface area contributed by atoms with Crippen molar-refractivity contribution in [3.63, 3.8) is 0 Å². The van der Waals surface area contributed by atoms with Gasteiger partial charge in [-0.2, -0.15) is 0 Å². The zero-order valence-electron chi connectivity index (χ0n) is 11.3. The van der Waals surface area contributed by atoms with E-state index in [0.717, 1.165) is 24.9 Å². The summed E-state index contributed by atoms with van der Waals surface area (Å²) in [6.07, 6.45) is 1.35. The number of benzene rings is 1. The molecule has 0 aliphatic carbocycles. The molecular formula is C15H21NO3. The Labute approximate surface area is 114 Å². The Balaban J connectivity index is 1.90. The second kappa shape index (κ2) is 6.68. The van der Waals surface area contributed by atoms with Gasteiger partial charge in [-0.05, 0) is 24.9 Å². The Morgan fingerprint density at radius 2 is 2.21 bits per heavy atom. The van der Waals surface area contributed by atoms with Crippen molar-refractivity contribution in [3.8, 4) is 0 Å². The average Bonchev–Trinajstić information content (AvgIpc) is 2.47. The summed E-state index contributed by atoms with van der Waals surface area (Å²) in [5.74, 6) is -0.194. The third-order valence-electron chi connectivity index (χ3n) is 3.66. The number of methoxy groups -OCH3 is 1. The van der Waals surface area contributed by atoms with Gasteiger partial charge in [-0.3, -0.25) is 9.69 Å². The summed E-state index contributed by atoms with van der Waals surface area (Å²) >= 11 is 0. The van der Waals surface area contributed by atoms with Crippen molar-refractivity contribution in [2.24, 2.45) is 5.92 Å². The number of piperidine rings is 1. The third kappa shape index (κ3) is 3.78. The zero-order chi connectivity index (χ0) is 13.7. The van der Waals surface area contributed by atoms with E-state index in [1.54, 1.807) is 0 Å². The molecular weight excluding hydrogens is 242 g/mol. The molecule has 2 atom stereocenters. The van der Waals surface area contributed by atoms with Gasteiger partial charge in [0, 0.05) is 13.1 Å². The number of aliphatic hydroxyl groups excluding tert-OH is 1. The molecule has 0 amide bonds. The zero-order valence-corrected chi connectivity index (χ0v) is 11.3. The van der Waals surface area contributed by atoms with Gasteiger partial charge in [0.25, 0.3) is 0 Å². The van der Waals surface area contributed by atoms with E-state index in [0.29, 0.717) is 13.1 Å². The Bertz CT molecular complexity index is 407. The highest BCUT2D eigenvalue weighted by Crippen LogP contribution is 2.21. The minimum atomic E-state index is -0.502. The lowest BCUT2D eigenvalue weighted by atomic mass is 9.97. The number of carbonyl (C=O) groups excluding carboxylic acids is 1. The van der Waals surface area contributed by atoms with Crippen LogP contribution in [0.25, 0.3) is 0 Å². The molecule has 1 saturated heterocycles. The van der Waals surface area contributed by atoms with Gasteiger partial charge in [0.15, 0.2) is 0 Å². The first-order chi connectivity index (χ1) is 9.20. The molecule has 4 heteroatoms. The fourth-order valence-electron chi connectivity index (χ4n) is 2.61. The Kier molecular flexibility index (Phi) is 4.93. The number of hydrogen-bond acceptors (Lipinski definition) is 4. The highest BCUT2D eigenvalue weighted by atomic mass is 16.5. The van der Waals surface area contributed by atoms with Crippen LogP contribution in [0.1, 0.15) is 24.5 Å². The molecule has 2 rings (SSSR count). The van der Waals surface area contributed by atoms with Gasteiger partial charge in [-0.15, -0.1) is 0 Å². The van der Waals surface area contributed by atoms with Crippen LogP contribution in [-0.2, 0) is 9.53 Å². The second-order valence-corrected chi connectivity index (χ2v) is 5.05. The fraction of sp³-hybridized carbons (Fsp3) is 0.533. The standard InChI is InChI=1S/C15H21NO3/c1-19-15(18)13-8-5-9-16(10-13)11-14(17)12-6-3-2-4-7-12/h2-4,6-7,13-14,17H,5,8-11H2,1H3/t13-,14?/m0/s1. The summed E-state index contributed by atoms with van der Waals surface area (Å²) < 4.78 is 4.80. The van der Waals surface area contributed by atoms with Crippen LogP contribution >= 0.6 is 0 Å². The molecule has 1 aromatic rings. The number of likely N-dealkylation sites (tertiary alicyclic amines) is 1. The molecule has 0 radical (unpaired) electrons. The lowest BCUT2D eigenvalue weighted by molar-refractivity contribution is -0.147. The van der Waals surface area contributed by atoms with Crippen molar-refractivity contribution in [2.45, 2.75) is 18.9 Å². The number of hydrogen-bond donors (Lipinski definition) is 1. The Hall–Kier alpha value is -1.39. The molecule has 1 fully saturated rings. The summed E-state index contributed by atoms with van der Waals surface area (Å²) in [5, 5.41) is 10.2. The number of carbonyl (C=O) groups is 1. The van der Waals surface area contributed by atoms with Crippen LogP contribution in [-0.4, -0.2) is 42.7 Å². The highest BCUT2D eigenvalue weighted by molar-refractivity contribution is 5.72. The van der Waals surface area contributed by atoms with Crippen LogP contribution in [0, 0.1) is 5.92 Å². The Morgan fingerprint density at radius 3 is 2.89 bits per heavy atom. The first kappa shape index (κ1) is 14.0. The van der Waals surface area contributed by atoms with E-state index >= 15 is 0 Å². The molecule has 1 aromatic carbocycles. The normalized spacial score (nSPS) is 21.9. The van der Waals surface area contributed by atoms with E-state index in [-0.39, 0.29) is 11.9 Å². The monoisotopic (exact) mass is 263 g/mol. The van der Waals surface area contributed by atoms with Crippen LogP contribution in [0.15, 0.2) is 30.3 Å². The number of rotatable bonds is 4. The summed E-state index contributed by atoms with van der Waals surface area (Å²) in [5.41, 5.74) is 0.919. The molecule has 19 heavy (non-hydrogen) atoms. The minimum absolute atomic E-state index is 0.0540. The average molecular weight is 263 g/mol. The lowest BCUT2D eigenvalue weighted by Crippen LogP contribution is -2.41. The van der Waals surface area contributed by atoms with Crippen molar-refractivity contribution in [3.05, 3.63) is 35.9 Å². The van der Waals surface area contributed by atoms with Crippen molar-refractivity contribution >= 4 is 5.97 Å². The summed E-state index contributed by atoms with van der Waals surface area (Å²) in [6, 6.07) is 9.63.